The van der Waals surface area contributed by atoms with Gasteiger partial charge in [-0.05, 0) is 49.3 Å². The third-order valence-electron chi connectivity index (χ3n) is 7.96. The van der Waals surface area contributed by atoms with E-state index in [1.165, 1.54) is 22.5 Å². The molecule has 3 aliphatic rings. The lowest BCUT2D eigenvalue weighted by Crippen LogP contribution is -2.34. The largest absolute Gasteiger partial charge is 0.510 e. The van der Waals surface area contributed by atoms with Gasteiger partial charge in [-0.1, -0.05) is 64.1 Å². The molecule has 2 aromatic rings. The molecule has 2 heterocycles. The number of Topliss-reactive ketones (excluding diaryl/α,β-unsaturated/α-hetero) is 1. The van der Waals surface area contributed by atoms with Gasteiger partial charge in [-0.3, -0.25) is 4.79 Å². The molecule has 34 heavy (non-hydrogen) atoms. The SMILES string of the molecule is CCN1/C(=C\C2=C(O)C(/C=C3\N(CC)c4ccccc4C3(C)C)C2=O)C(C)(C)c2ccccc21. The summed E-state index contributed by atoms with van der Waals surface area (Å²) in [6, 6.07) is 16.8. The van der Waals surface area contributed by atoms with Crippen LogP contribution in [0, 0.1) is 5.92 Å². The first kappa shape index (κ1) is 22.5. The van der Waals surface area contributed by atoms with Crippen molar-refractivity contribution in [3.8, 4) is 0 Å². The number of allylic oxidation sites excluding steroid dienone is 5. The van der Waals surface area contributed by atoms with Crippen LogP contribution in [0.25, 0.3) is 0 Å². The molecule has 0 spiro atoms. The molecule has 0 amide bonds. The van der Waals surface area contributed by atoms with Crippen LogP contribution >= 0.6 is 0 Å². The summed E-state index contributed by atoms with van der Waals surface area (Å²) < 4.78 is 0. The van der Waals surface area contributed by atoms with E-state index in [-0.39, 0.29) is 22.4 Å². The van der Waals surface area contributed by atoms with Gasteiger partial charge in [0.15, 0.2) is 5.78 Å². The average Bonchev–Trinajstić information content (AvgIpc) is 3.19. The molecule has 1 atom stereocenters. The van der Waals surface area contributed by atoms with Gasteiger partial charge in [0.2, 0.25) is 0 Å². The number of para-hydroxylation sites is 2. The van der Waals surface area contributed by atoms with Crippen molar-refractivity contribution in [3.05, 3.63) is 94.5 Å². The molecule has 5 rings (SSSR count). The number of likely N-dealkylation sites (N-methyl/N-ethyl adjacent to an activating group) is 2. The first-order chi connectivity index (χ1) is 16.1. The van der Waals surface area contributed by atoms with Crippen LogP contribution in [-0.4, -0.2) is 24.0 Å². The Labute approximate surface area is 202 Å². The fourth-order valence-corrected chi connectivity index (χ4v) is 6.03. The summed E-state index contributed by atoms with van der Waals surface area (Å²) in [5.41, 5.74) is 6.97. The van der Waals surface area contributed by atoms with Crippen LogP contribution in [0.15, 0.2) is 83.4 Å². The summed E-state index contributed by atoms with van der Waals surface area (Å²) in [4.78, 5) is 17.9. The van der Waals surface area contributed by atoms with Crippen LogP contribution in [0.3, 0.4) is 0 Å². The predicted octanol–water partition coefficient (Wildman–Crippen LogP) is 6.40. The van der Waals surface area contributed by atoms with Crippen molar-refractivity contribution in [1.29, 1.82) is 0 Å². The maximum Gasteiger partial charge on any atom is 0.180 e. The van der Waals surface area contributed by atoms with E-state index in [9.17, 15) is 9.90 Å². The Morgan fingerprint density at radius 1 is 0.824 bits per heavy atom. The Bertz CT molecular complexity index is 1280. The number of aliphatic hydroxyl groups is 1. The first-order valence-electron chi connectivity index (χ1n) is 12.3. The maximum absolute atomic E-state index is 13.4. The number of rotatable bonds is 4. The minimum Gasteiger partial charge on any atom is -0.510 e. The van der Waals surface area contributed by atoms with Crippen molar-refractivity contribution in [3.63, 3.8) is 0 Å². The number of aliphatic hydroxyl groups excluding tert-OH is 1. The van der Waals surface area contributed by atoms with Crippen LogP contribution < -0.4 is 9.80 Å². The molecular weight excluding hydrogens is 420 g/mol. The molecule has 2 aromatic carbocycles. The number of hydrogen-bond acceptors (Lipinski definition) is 4. The number of fused-ring (bicyclic) bond motifs is 2. The van der Waals surface area contributed by atoms with Crippen molar-refractivity contribution in [2.24, 2.45) is 5.92 Å². The van der Waals surface area contributed by atoms with E-state index in [2.05, 4.69) is 99.9 Å². The van der Waals surface area contributed by atoms with Gasteiger partial charge in [0.05, 0.1) is 5.57 Å². The third kappa shape index (κ3) is 2.94. The second kappa shape index (κ2) is 7.63. The molecule has 0 saturated carbocycles. The van der Waals surface area contributed by atoms with Crippen LogP contribution in [0.1, 0.15) is 52.7 Å². The van der Waals surface area contributed by atoms with Gasteiger partial charge in [0.25, 0.3) is 0 Å². The number of anilines is 2. The van der Waals surface area contributed by atoms with Crippen molar-refractivity contribution in [2.75, 3.05) is 22.9 Å². The molecule has 176 valence electrons. The molecule has 4 heteroatoms. The Balaban J connectivity index is 1.54. The minimum atomic E-state index is -0.591. The number of ketones is 1. The first-order valence-corrected chi connectivity index (χ1v) is 12.3. The van der Waals surface area contributed by atoms with Crippen molar-refractivity contribution in [1.82, 2.24) is 0 Å². The summed E-state index contributed by atoms with van der Waals surface area (Å²) in [6.45, 7) is 14.6. The number of nitrogens with zero attached hydrogens (tertiary/aromatic N) is 2. The van der Waals surface area contributed by atoms with Crippen molar-refractivity contribution >= 4 is 17.2 Å². The number of carbonyl (C=O) groups is 1. The smallest absolute Gasteiger partial charge is 0.180 e. The monoisotopic (exact) mass is 454 g/mol. The fourth-order valence-electron chi connectivity index (χ4n) is 6.03. The van der Waals surface area contributed by atoms with E-state index in [1.807, 2.05) is 12.2 Å². The van der Waals surface area contributed by atoms with Gasteiger partial charge in [-0.2, -0.15) is 0 Å². The Hall–Kier alpha value is -3.27. The molecule has 0 radical (unpaired) electrons. The van der Waals surface area contributed by atoms with Gasteiger partial charge in [0, 0.05) is 46.7 Å². The molecule has 1 unspecified atom stereocenters. The summed E-state index contributed by atoms with van der Waals surface area (Å²) in [7, 11) is 0. The lowest BCUT2D eigenvalue weighted by Gasteiger charge is -2.32. The van der Waals surface area contributed by atoms with Gasteiger partial charge in [-0.15, -0.1) is 0 Å². The predicted molar refractivity (Wildman–Crippen MR) is 139 cm³/mol. The number of hydrogen-bond donors (Lipinski definition) is 1. The fraction of sp³-hybridized carbons (Fsp3) is 0.367. The number of benzene rings is 2. The van der Waals surface area contributed by atoms with E-state index in [4.69, 9.17) is 0 Å². The quantitative estimate of drug-likeness (QED) is 0.580. The average molecular weight is 455 g/mol. The standard InChI is InChI=1S/C30H34N2O2/c1-7-31-23-15-11-9-13-21(23)29(3,4)25(31)17-19-27(33)20(28(19)34)18-26-30(5,6)22-14-10-12-16-24(22)32(26)8-2/h9-19,33H,7-8H2,1-6H3/b25-17-,26-18-. The molecular formula is C30H34N2O2. The van der Waals surface area contributed by atoms with E-state index in [0.717, 1.165) is 24.5 Å². The van der Waals surface area contributed by atoms with E-state index >= 15 is 0 Å². The minimum absolute atomic E-state index is 0.0110. The van der Waals surface area contributed by atoms with Crippen LogP contribution in [0.5, 0.6) is 0 Å². The summed E-state index contributed by atoms with van der Waals surface area (Å²) >= 11 is 0. The van der Waals surface area contributed by atoms with E-state index < -0.39 is 5.92 Å². The molecule has 1 N–H and O–H groups in total. The maximum atomic E-state index is 13.4. The van der Waals surface area contributed by atoms with Gasteiger partial charge < -0.3 is 14.9 Å². The molecule has 0 fully saturated rings. The second-order valence-electron chi connectivity index (χ2n) is 10.5. The zero-order valence-corrected chi connectivity index (χ0v) is 21.0. The van der Waals surface area contributed by atoms with Gasteiger partial charge in [0.1, 0.15) is 11.7 Å². The van der Waals surface area contributed by atoms with Crippen molar-refractivity contribution in [2.45, 2.75) is 52.4 Å². The van der Waals surface area contributed by atoms with Crippen LogP contribution in [-0.2, 0) is 15.6 Å². The Kier molecular flexibility index (Phi) is 5.05. The summed E-state index contributed by atoms with van der Waals surface area (Å²) in [6.07, 6.45) is 3.90. The highest BCUT2D eigenvalue weighted by Crippen LogP contribution is 2.51. The highest BCUT2D eigenvalue weighted by atomic mass is 16.3. The van der Waals surface area contributed by atoms with Crippen LogP contribution in [0.4, 0.5) is 11.4 Å². The molecule has 0 bridgehead atoms. The number of carbonyl (C=O) groups excluding carboxylic acids is 1. The van der Waals surface area contributed by atoms with Crippen molar-refractivity contribution < 1.29 is 9.90 Å². The highest BCUT2D eigenvalue weighted by molar-refractivity contribution is 6.10. The molecule has 4 nitrogen and oxygen atoms in total. The van der Waals surface area contributed by atoms with Crippen LogP contribution in [0.2, 0.25) is 0 Å². The Morgan fingerprint density at radius 2 is 1.29 bits per heavy atom. The van der Waals surface area contributed by atoms with E-state index in [0.29, 0.717) is 5.57 Å². The van der Waals surface area contributed by atoms with Gasteiger partial charge >= 0.3 is 0 Å². The molecule has 2 aliphatic heterocycles. The van der Waals surface area contributed by atoms with E-state index in [1.54, 1.807) is 0 Å². The molecule has 0 aromatic heterocycles. The normalized spacial score (nSPS) is 24.6. The topological polar surface area (TPSA) is 43.8 Å². The lowest BCUT2D eigenvalue weighted by atomic mass is 9.76. The molecule has 0 saturated heterocycles. The summed E-state index contributed by atoms with van der Waals surface area (Å²) in [5.74, 6) is -0.426. The van der Waals surface area contributed by atoms with Gasteiger partial charge in [-0.25, -0.2) is 0 Å². The lowest BCUT2D eigenvalue weighted by molar-refractivity contribution is -0.120. The third-order valence-corrected chi connectivity index (χ3v) is 7.96. The zero-order valence-electron chi connectivity index (χ0n) is 21.0. The highest BCUT2D eigenvalue weighted by Gasteiger charge is 2.45. The summed E-state index contributed by atoms with van der Waals surface area (Å²) in [5, 5.41) is 11.1. The Morgan fingerprint density at radius 3 is 1.79 bits per heavy atom. The zero-order chi connectivity index (χ0) is 24.4. The second-order valence-corrected chi connectivity index (χ2v) is 10.5. The molecule has 1 aliphatic carbocycles.